The third kappa shape index (κ3) is 2.58. The van der Waals surface area contributed by atoms with Crippen molar-refractivity contribution in [2.75, 3.05) is 11.9 Å². The van der Waals surface area contributed by atoms with Crippen LogP contribution in [0.3, 0.4) is 0 Å². The minimum atomic E-state index is 0. The highest BCUT2D eigenvalue weighted by Gasteiger charge is 2.14. The molecule has 1 aliphatic heterocycles. The van der Waals surface area contributed by atoms with Gasteiger partial charge in [-0.15, -0.1) is 23.7 Å². The van der Waals surface area contributed by atoms with E-state index in [-0.39, 0.29) is 12.4 Å². The van der Waals surface area contributed by atoms with E-state index in [9.17, 15) is 0 Å². The molecule has 0 radical (unpaired) electrons. The van der Waals surface area contributed by atoms with Crippen LogP contribution in [0.15, 0.2) is 24.5 Å². The molecule has 0 spiro atoms. The molecule has 0 aliphatic carbocycles. The van der Waals surface area contributed by atoms with Crippen LogP contribution in [0, 0.1) is 0 Å². The van der Waals surface area contributed by atoms with Crippen molar-refractivity contribution in [2.24, 2.45) is 0 Å². The third-order valence-corrected chi connectivity index (χ3v) is 3.91. The summed E-state index contributed by atoms with van der Waals surface area (Å²) >= 11 is 1.80. The summed E-state index contributed by atoms with van der Waals surface area (Å²) in [5.74, 6) is 1.09. The SMILES string of the molecule is Cl.c1cc(-c2nc3c(s2)CCCCN3)ccn1. The molecule has 3 heterocycles. The molecule has 0 bridgehead atoms. The van der Waals surface area contributed by atoms with Gasteiger partial charge in [0.15, 0.2) is 0 Å². The number of nitrogens with one attached hydrogen (secondary N) is 1. The molecule has 2 aromatic rings. The maximum absolute atomic E-state index is 4.66. The number of halogens is 1. The van der Waals surface area contributed by atoms with Crippen molar-refractivity contribution in [1.82, 2.24) is 9.97 Å². The summed E-state index contributed by atoms with van der Waals surface area (Å²) in [6.45, 7) is 1.05. The van der Waals surface area contributed by atoms with Crippen LogP contribution >= 0.6 is 23.7 Å². The number of aromatic nitrogens is 2. The Hall–Kier alpha value is -1.13. The second-order valence-electron chi connectivity index (χ2n) is 3.91. The number of rotatable bonds is 1. The Morgan fingerprint density at radius 2 is 2.00 bits per heavy atom. The van der Waals surface area contributed by atoms with Gasteiger partial charge in [-0.2, -0.15) is 0 Å². The molecule has 90 valence electrons. The highest BCUT2D eigenvalue weighted by Crippen LogP contribution is 2.32. The first-order chi connectivity index (χ1) is 7.93. The molecular weight excluding hydrogens is 254 g/mol. The fourth-order valence-corrected chi connectivity index (χ4v) is 2.98. The molecule has 0 amide bonds. The highest BCUT2D eigenvalue weighted by atomic mass is 35.5. The summed E-state index contributed by atoms with van der Waals surface area (Å²) in [6.07, 6.45) is 7.29. The molecule has 0 saturated heterocycles. The van der Waals surface area contributed by atoms with Gasteiger partial charge in [0.05, 0.1) is 0 Å². The van der Waals surface area contributed by atoms with Crippen LogP contribution in [0.1, 0.15) is 17.7 Å². The van der Waals surface area contributed by atoms with Gasteiger partial charge >= 0.3 is 0 Å². The molecule has 3 nitrogen and oxygen atoms in total. The third-order valence-electron chi connectivity index (χ3n) is 2.75. The van der Waals surface area contributed by atoms with Crippen molar-refractivity contribution in [2.45, 2.75) is 19.3 Å². The van der Waals surface area contributed by atoms with Crippen LogP contribution in [-0.4, -0.2) is 16.5 Å². The largest absolute Gasteiger partial charge is 0.369 e. The number of thiazole rings is 1. The van der Waals surface area contributed by atoms with Gasteiger partial charge in [0.2, 0.25) is 0 Å². The lowest BCUT2D eigenvalue weighted by Gasteiger charge is -1.97. The first-order valence-electron chi connectivity index (χ1n) is 5.57. The first-order valence-corrected chi connectivity index (χ1v) is 6.39. The number of pyridine rings is 1. The number of fused-ring (bicyclic) bond motifs is 1. The topological polar surface area (TPSA) is 37.8 Å². The summed E-state index contributed by atoms with van der Waals surface area (Å²) in [5.41, 5.74) is 1.16. The molecule has 3 rings (SSSR count). The van der Waals surface area contributed by atoms with Gasteiger partial charge in [0.25, 0.3) is 0 Å². The standard InChI is InChI=1S/C12H13N3S.ClH/c1-2-6-14-11-10(3-1)16-12(15-11)9-4-7-13-8-5-9;/h4-5,7-8,14H,1-3,6H2;1H. The van der Waals surface area contributed by atoms with Gasteiger partial charge < -0.3 is 5.32 Å². The molecule has 1 aliphatic rings. The average Bonchev–Trinajstić information content (AvgIpc) is 2.62. The molecule has 0 atom stereocenters. The number of aryl methyl sites for hydroxylation is 1. The molecule has 1 N–H and O–H groups in total. The van der Waals surface area contributed by atoms with E-state index in [2.05, 4.69) is 15.3 Å². The molecule has 0 unspecified atom stereocenters. The summed E-state index contributed by atoms with van der Waals surface area (Å²) in [4.78, 5) is 10.1. The Bertz CT molecular complexity index is 460. The quantitative estimate of drug-likeness (QED) is 0.861. The summed E-state index contributed by atoms with van der Waals surface area (Å²) in [6, 6.07) is 4.02. The first kappa shape index (κ1) is 12.3. The lowest BCUT2D eigenvalue weighted by molar-refractivity contribution is 0.790. The van der Waals surface area contributed by atoms with Crippen molar-refractivity contribution in [3.63, 3.8) is 0 Å². The van der Waals surface area contributed by atoms with E-state index in [1.54, 1.807) is 11.3 Å². The summed E-state index contributed by atoms with van der Waals surface area (Å²) in [7, 11) is 0. The van der Waals surface area contributed by atoms with Gasteiger partial charge in [-0.05, 0) is 31.4 Å². The number of hydrogen-bond donors (Lipinski definition) is 1. The molecule has 17 heavy (non-hydrogen) atoms. The van der Waals surface area contributed by atoms with Crippen molar-refractivity contribution in [1.29, 1.82) is 0 Å². The smallest absolute Gasteiger partial charge is 0.140 e. The van der Waals surface area contributed by atoms with E-state index in [0.717, 1.165) is 29.4 Å². The molecule has 5 heteroatoms. The van der Waals surface area contributed by atoms with Gasteiger partial charge in [0, 0.05) is 29.4 Å². The van der Waals surface area contributed by atoms with Crippen molar-refractivity contribution in [3.05, 3.63) is 29.4 Å². The zero-order chi connectivity index (χ0) is 10.8. The van der Waals surface area contributed by atoms with Crippen LogP contribution in [0.2, 0.25) is 0 Å². The van der Waals surface area contributed by atoms with Crippen LogP contribution in [-0.2, 0) is 6.42 Å². The maximum atomic E-state index is 4.66. The molecular formula is C12H14ClN3S. The summed E-state index contributed by atoms with van der Waals surface area (Å²) < 4.78 is 0. The van der Waals surface area contributed by atoms with Gasteiger partial charge in [-0.25, -0.2) is 4.98 Å². The van der Waals surface area contributed by atoms with Crippen LogP contribution in [0.5, 0.6) is 0 Å². The van der Waals surface area contributed by atoms with E-state index in [0.29, 0.717) is 0 Å². The fourth-order valence-electron chi connectivity index (χ4n) is 1.89. The van der Waals surface area contributed by atoms with Crippen LogP contribution in [0.4, 0.5) is 5.82 Å². The van der Waals surface area contributed by atoms with E-state index in [4.69, 9.17) is 0 Å². The normalized spacial score (nSPS) is 14.1. The van der Waals surface area contributed by atoms with Gasteiger partial charge in [-0.3, -0.25) is 4.98 Å². The number of hydrogen-bond acceptors (Lipinski definition) is 4. The minimum Gasteiger partial charge on any atom is -0.369 e. The van der Waals surface area contributed by atoms with E-state index in [1.165, 1.54) is 17.7 Å². The maximum Gasteiger partial charge on any atom is 0.140 e. The van der Waals surface area contributed by atoms with E-state index in [1.807, 2.05) is 24.5 Å². The van der Waals surface area contributed by atoms with Gasteiger partial charge in [-0.1, -0.05) is 0 Å². The van der Waals surface area contributed by atoms with Crippen molar-refractivity contribution < 1.29 is 0 Å². The molecule has 0 saturated carbocycles. The Labute approximate surface area is 111 Å². The molecule has 0 fully saturated rings. The lowest BCUT2D eigenvalue weighted by atomic mass is 10.2. The average molecular weight is 268 g/mol. The summed E-state index contributed by atoms with van der Waals surface area (Å²) in [5, 5.41) is 4.50. The number of anilines is 1. The zero-order valence-electron chi connectivity index (χ0n) is 9.35. The van der Waals surface area contributed by atoms with Crippen LogP contribution in [0.25, 0.3) is 10.6 Å². The zero-order valence-corrected chi connectivity index (χ0v) is 11.0. The number of nitrogens with zero attached hydrogens (tertiary/aromatic N) is 2. The Morgan fingerprint density at radius 3 is 2.82 bits per heavy atom. The monoisotopic (exact) mass is 267 g/mol. The lowest BCUT2D eigenvalue weighted by Crippen LogP contribution is -1.99. The van der Waals surface area contributed by atoms with Crippen molar-refractivity contribution in [3.8, 4) is 10.6 Å². The Balaban J connectivity index is 0.00000108. The van der Waals surface area contributed by atoms with E-state index >= 15 is 0 Å². The predicted octanol–water partition coefficient (Wildman–Crippen LogP) is 3.38. The predicted molar refractivity (Wildman–Crippen MR) is 74.0 cm³/mol. The van der Waals surface area contributed by atoms with Crippen molar-refractivity contribution >= 4 is 29.6 Å². The second-order valence-corrected chi connectivity index (χ2v) is 4.99. The van der Waals surface area contributed by atoms with Crippen LogP contribution < -0.4 is 5.32 Å². The minimum absolute atomic E-state index is 0. The fraction of sp³-hybridized carbons (Fsp3) is 0.333. The molecule has 2 aromatic heterocycles. The second kappa shape index (κ2) is 5.47. The Morgan fingerprint density at radius 1 is 1.18 bits per heavy atom. The highest BCUT2D eigenvalue weighted by molar-refractivity contribution is 7.15. The van der Waals surface area contributed by atoms with Gasteiger partial charge in [0.1, 0.15) is 10.8 Å². The Kier molecular flexibility index (Phi) is 3.97. The molecule has 0 aromatic carbocycles. The van der Waals surface area contributed by atoms with E-state index < -0.39 is 0 Å².